The van der Waals surface area contributed by atoms with Gasteiger partial charge in [0.2, 0.25) is 0 Å². The molecular formula is C34H35NO12. The number of nitrogens with one attached hydrogen (secondary N) is 1. The van der Waals surface area contributed by atoms with Crippen LogP contribution in [-0.2, 0) is 30.3 Å². The summed E-state index contributed by atoms with van der Waals surface area (Å²) < 4.78 is 11.6. The second-order valence-corrected chi connectivity index (χ2v) is 11.2. The molecule has 3 aromatic rings. The zero-order valence-corrected chi connectivity index (χ0v) is 25.2. The summed E-state index contributed by atoms with van der Waals surface area (Å²) in [6.45, 7) is -0.345. The number of ether oxygens (including phenoxy) is 2. The fourth-order valence-corrected chi connectivity index (χ4v) is 5.63. The second kappa shape index (κ2) is 14.4. The summed E-state index contributed by atoms with van der Waals surface area (Å²) in [6, 6.07) is 16.0. The molecule has 1 aliphatic carbocycles. The van der Waals surface area contributed by atoms with Crippen molar-refractivity contribution in [3.8, 4) is 23.0 Å². The van der Waals surface area contributed by atoms with Crippen LogP contribution in [-0.4, -0.2) is 90.7 Å². The molecule has 0 aromatic heterocycles. The third-order valence-corrected chi connectivity index (χ3v) is 8.01. The van der Waals surface area contributed by atoms with Crippen molar-refractivity contribution in [1.82, 2.24) is 5.32 Å². The Labute approximate surface area is 269 Å². The molecule has 13 heteroatoms. The Morgan fingerprint density at radius 2 is 1.40 bits per heavy atom. The number of aliphatic hydroxyl groups is 2. The Kier molecular flexibility index (Phi) is 10.6. The Balaban J connectivity index is 1.77. The number of aliphatic carboxylic acids is 1. The lowest BCUT2D eigenvalue weighted by Gasteiger charge is -2.53. The molecule has 0 aliphatic heterocycles. The summed E-state index contributed by atoms with van der Waals surface area (Å²) in [5, 5.41) is 74.8. The van der Waals surface area contributed by atoms with Gasteiger partial charge in [0.15, 0.2) is 40.3 Å². The molecule has 0 unspecified atom stereocenters. The van der Waals surface area contributed by atoms with E-state index < -0.39 is 65.2 Å². The van der Waals surface area contributed by atoms with Gasteiger partial charge in [0.1, 0.15) is 6.10 Å². The molecule has 1 aliphatic rings. The molecule has 5 atom stereocenters. The summed E-state index contributed by atoms with van der Waals surface area (Å²) in [5.41, 5.74) is -3.62. The minimum Gasteiger partial charge on any atom is -0.504 e. The quantitative estimate of drug-likeness (QED) is 0.0848. The van der Waals surface area contributed by atoms with Crippen molar-refractivity contribution in [2.75, 3.05) is 13.6 Å². The first-order valence-electron chi connectivity index (χ1n) is 14.4. The molecule has 1 fully saturated rings. The predicted octanol–water partition coefficient (Wildman–Crippen LogP) is 2.09. The summed E-state index contributed by atoms with van der Waals surface area (Å²) in [6.07, 6.45) is -0.148. The van der Waals surface area contributed by atoms with Crippen LogP contribution in [0.5, 0.6) is 23.0 Å². The highest BCUT2D eigenvalue weighted by Crippen LogP contribution is 2.45. The lowest BCUT2D eigenvalue weighted by molar-refractivity contribution is -0.256. The van der Waals surface area contributed by atoms with Gasteiger partial charge in [-0.25, -0.2) is 14.4 Å². The van der Waals surface area contributed by atoms with Crippen molar-refractivity contribution in [1.29, 1.82) is 0 Å². The fourth-order valence-electron chi connectivity index (χ4n) is 5.63. The van der Waals surface area contributed by atoms with Gasteiger partial charge in [-0.15, -0.1) is 0 Å². The maximum atomic E-state index is 13.3. The number of aromatic hydroxyl groups is 4. The van der Waals surface area contributed by atoms with E-state index in [2.05, 4.69) is 5.32 Å². The summed E-state index contributed by atoms with van der Waals surface area (Å²) in [5.74, 6) is -6.89. The van der Waals surface area contributed by atoms with Crippen LogP contribution in [0.1, 0.15) is 23.1 Å². The molecule has 0 radical (unpaired) electrons. The highest BCUT2D eigenvalue weighted by molar-refractivity contribution is 5.89. The van der Waals surface area contributed by atoms with Crippen LogP contribution in [0.2, 0.25) is 0 Å². The number of hydrogen-bond acceptors (Lipinski definition) is 12. The van der Waals surface area contributed by atoms with E-state index in [1.807, 2.05) is 0 Å². The van der Waals surface area contributed by atoms with Gasteiger partial charge in [-0.2, -0.15) is 0 Å². The zero-order chi connectivity index (χ0) is 34.4. The Morgan fingerprint density at radius 3 is 1.91 bits per heavy atom. The molecular weight excluding hydrogens is 614 g/mol. The van der Waals surface area contributed by atoms with Crippen molar-refractivity contribution in [3.05, 3.63) is 95.6 Å². The van der Waals surface area contributed by atoms with Gasteiger partial charge in [-0.05, 0) is 66.6 Å². The van der Waals surface area contributed by atoms with E-state index in [0.717, 1.165) is 12.2 Å². The van der Waals surface area contributed by atoms with E-state index >= 15 is 0 Å². The van der Waals surface area contributed by atoms with E-state index in [4.69, 9.17) is 9.47 Å². The monoisotopic (exact) mass is 649 g/mol. The topological polar surface area (TPSA) is 223 Å². The zero-order valence-electron chi connectivity index (χ0n) is 25.2. The van der Waals surface area contributed by atoms with Gasteiger partial charge in [0, 0.05) is 31.0 Å². The third kappa shape index (κ3) is 7.72. The second-order valence-electron chi connectivity index (χ2n) is 11.2. The molecule has 0 heterocycles. The van der Waals surface area contributed by atoms with Crippen molar-refractivity contribution in [2.45, 2.75) is 36.3 Å². The first-order valence-corrected chi connectivity index (χ1v) is 14.4. The van der Waals surface area contributed by atoms with Crippen LogP contribution < -0.4 is 5.32 Å². The molecule has 0 amide bonds. The Bertz CT molecular complexity index is 1670. The van der Waals surface area contributed by atoms with Crippen molar-refractivity contribution in [2.24, 2.45) is 5.92 Å². The molecule has 4 rings (SSSR count). The minimum atomic E-state index is -2.64. The van der Waals surface area contributed by atoms with Gasteiger partial charge in [0.25, 0.3) is 0 Å². The van der Waals surface area contributed by atoms with Crippen LogP contribution in [0.15, 0.2) is 78.9 Å². The van der Waals surface area contributed by atoms with Gasteiger partial charge >= 0.3 is 17.9 Å². The number of carbonyl (C=O) groups excluding carboxylic acids is 2. The van der Waals surface area contributed by atoms with E-state index in [0.29, 0.717) is 16.7 Å². The minimum absolute atomic E-state index is 0.171. The lowest BCUT2D eigenvalue weighted by Crippen LogP contribution is -2.73. The van der Waals surface area contributed by atoms with Crippen LogP contribution >= 0.6 is 0 Å². The SMILES string of the molecule is CNC[C@@]1(OC(=O)C=Cc2ccc(O)c(O)c2)[C@H](O)C[C@](O)(C(=O)O)[C@@H](Cc2ccccc2)[C@H]1OC(=O)C=Cc1ccc(O)c(O)c1. The Morgan fingerprint density at radius 1 is 0.851 bits per heavy atom. The summed E-state index contributed by atoms with van der Waals surface area (Å²) in [4.78, 5) is 39.2. The van der Waals surface area contributed by atoms with Crippen LogP contribution in [0.4, 0.5) is 0 Å². The number of carboxylic acid groups (broad SMARTS) is 1. The fraction of sp³-hybridized carbons (Fsp3) is 0.265. The lowest BCUT2D eigenvalue weighted by atomic mass is 9.63. The summed E-state index contributed by atoms with van der Waals surface area (Å²) >= 11 is 0. The van der Waals surface area contributed by atoms with Crippen LogP contribution in [0, 0.1) is 5.92 Å². The summed E-state index contributed by atoms with van der Waals surface area (Å²) in [7, 11) is 1.47. The van der Waals surface area contributed by atoms with E-state index in [9.17, 15) is 50.1 Å². The number of aliphatic hydroxyl groups excluding tert-OH is 1. The maximum Gasteiger partial charge on any atom is 0.336 e. The molecule has 1 saturated carbocycles. The number of carbonyl (C=O) groups is 3. The first-order chi connectivity index (χ1) is 22.3. The highest BCUT2D eigenvalue weighted by Gasteiger charge is 2.66. The van der Waals surface area contributed by atoms with Crippen LogP contribution in [0.3, 0.4) is 0 Å². The van der Waals surface area contributed by atoms with Gasteiger partial charge in [-0.1, -0.05) is 42.5 Å². The number of likely N-dealkylation sites (N-methyl/N-ethyl adjacent to an activating group) is 1. The number of phenolic OH excluding ortho intramolecular Hbond substituents is 4. The smallest absolute Gasteiger partial charge is 0.336 e. The number of esters is 2. The van der Waals surface area contributed by atoms with E-state index in [-0.39, 0.29) is 24.5 Å². The van der Waals surface area contributed by atoms with E-state index in [1.54, 1.807) is 30.3 Å². The number of benzene rings is 3. The van der Waals surface area contributed by atoms with Gasteiger partial charge in [0.05, 0.1) is 0 Å². The predicted molar refractivity (Wildman–Crippen MR) is 167 cm³/mol. The molecule has 248 valence electrons. The number of phenols is 4. The van der Waals surface area contributed by atoms with Crippen LogP contribution in [0.25, 0.3) is 12.2 Å². The largest absolute Gasteiger partial charge is 0.504 e. The molecule has 0 bridgehead atoms. The molecule has 13 nitrogen and oxygen atoms in total. The number of hydrogen-bond donors (Lipinski definition) is 8. The van der Waals surface area contributed by atoms with Gasteiger partial charge in [-0.3, -0.25) is 0 Å². The van der Waals surface area contributed by atoms with Gasteiger partial charge < -0.3 is 50.5 Å². The molecule has 8 N–H and O–H groups in total. The molecule has 3 aromatic carbocycles. The maximum absolute atomic E-state index is 13.3. The van der Waals surface area contributed by atoms with Crippen molar-refractivity contribution < 1.29 is 59.6 Å². The first kappa shape index (κ1) is 34.5. The van der Waals surface area contributed by atoms with E-state index in [1.165, 1.54) is 55.6 Å². The van der Waals surface area contributed by atoms with Crippen molar-refractivity contribution in [3.63, 3.8) is 0 Å². The highest BCUT2D eigenvalue weighted by atomic mass is 16.6. The molecule has 47 heavy (non-hydrogen) atoms. The Hall–Kier alpha value is -5.37. The molecule has 0 saturated heterocycles. The number of carboxylic acids is 1. The number of rotatable bonds is 11. The average Bonchev–Trinajstić information content (AvgIpc) is 3.03. The average molecular weight is 650 g/mol. The third-order valence-electron chi connectivity index (χ3n) is 8.01. The standard InChI is InChI=1S/C34H35NO12/c1-35-19-34(47-30(42)14-10-22-8-12-25(37)27(39)17-22)28(40)18-33(45,32(43)44)23(15-20-5-3-2-4-6-20)31(34)46-29(41)13-9-21-7-11-24(36)26(38)16-21/h2-14,16-17,23,28,31,35-40,45H,15,18-19H2,1H3,(H,43,44)/t23-,28+,31+,33+,34+/m0/s1. The van der Waals surface area contributed by atoms with Crippen molar-refractivity contribution >= 4 is 30.1 Å². The normalized spacial score (nSPS) is 24.3. The molecule has 0 spiro atoms.